The lowest BCUT2D eigenvalue weighted by atomic mass is 10.3. The Hall–Kier alpha value is -0.130. The van der Waals surface area contributed by atoms with E-state index in [1.165, 1.54) is 0 Å². The minimum Gasteiger partial charge on any atom is -1.00 e. The zero-order valence-corrected chi connectivity index (χ0v) is 16.1. The first-order valence-corrected chi connectivity index (χ1v) is 8.07. The van der Waals surface area contributed by atoms with Gasteiger partial charge in [-0.15, -0.1) is 0 Å². The van der Waals surface area contributed by atoms with Gasteiger partial charge in [0.2, 0.25) is 0 Å². The second kappa shape index (κ2) is 10.00. The van der Waals surface area contributed by atoms with Crippen LogP contribution in [0.1, 0.15) is 0 Å². The van der Waals surface area contributed by atoms with Crippen molar-refractivity contribution >= 4 is 58.0 Å². The fraction of sp³-hybridized carbons (Fsp3) is 0.214. The van der Waals surface area contributed by atoms with Gasteiger partial charge >= 0.3 is 0 Å². The monoisotopic (exact) mass is 435 g/mol. The fourth-order valence-electron chi connectivity index (χ4n) is 1.60. The van der Waals surface area contributed by atoms with Crippen LogP contribution in [0.2, 0.25) is 25.1 Å². The molecule has 2 aromatic rings. The predicted octanol–water partition coefficient (Wildman–Crippen LogP) is 2.30. The van der Waals surface area contributed by atoms with Crippen molar-refractivity contribution in [3.05, 3.63) is 55.7 Å². The van der Waals surface area contributed by atoms with Crippen LogP contribution >= 0.6 is 58.0 Å². The number of hydrogen-bond donors (Lipinski definition) is 0. The van der Waals surface area contributed by atoms with Gasteiger partial charge in [-0.3, -0.25) is 0 Å². The topological polar surface area (TPSA) is 22.3 Å². The van der Waals surface area contributed by atoms with E-state index in [2.05, 4.69) is 0 Å². The summed E-state index contributed by atoms with van der Waals surface area (Å²) in [7, 11) is 0. The lowest BCUT2D eigenvalue weighted by Crippen LogP contribution is -3.00. The molecule has 0 atom stereocenters. The molecule has 0 aliphatic heterocycles. The number of aromatic nitrogens is 1. The smallest absolute Gasteiger partial charge is 0.252 e. The molecule has 0 unspecified atom stereocenters. The Morgan fingerprint density at radius 1 is 0.739 bits per heavy atom. The van der Waals surface area contributed by atoms with Crippen molar-refractivity contribution in [2.45, 2.75) is 6.73 Å². The molecule has 23 heavy (non-hydrogen) atoms. The van der Waals surface area contributed by atoms with Gasteiger partial charge < -0.3 is 21.9 Å². The van der Waals surface area contributed by atoms with Crippen LogP contribution in [0.5, 0.6) is 5.75 Å². The third-order valence-electron chi connectivity index (χ3n) is 2.66. The van der Waals surface area contributed by atoms with Gasteiger partial charge in [0, 0.05) is 12.1 Å². The molecule has 0 aliphatic carbocycles. The number of nitrogens with zero attached hydrogens (tertiary/aromatic N) is 1. The van der Waals surface area contributed by atoms with Gasteiger partial charge in [0.25, 0.3) is 6.73 Å². The lowest BCUT2D eigenvalue weighted by Gasteiger charge is -2.13. The summed E-state index contributed by atoms with van der Waals surface area (Å²) in [4.78, 5) is 0. The Morgan fingerprint density at radius 3 is 1.83 bits per heavy atom. The number of hydrogen-bond acceptors (Lipinski definition) is 2. The Labute approximate surface area is 165 Å². The average molecular weight is 438 g/mol. The molecule has 0 saturated heterocycles. The molecule has 0 fully saturated rings. The standard InChI is InChI=1S/C14H11Cl5NO2.ClH/c15-9-10(16)12(18)14(13(19)11(9)17)22-7-6-21-8-20-4-2-1-3-5-20;/h1-5H,6-8H2;1H/q+1;/p-1. The molecule has 9 heteroatoms. The van der Waals surface area contributed by atoms with Crippen LogP contribution in [0.4, 0.5) is 0 Å². The first-order chi connectivity index (χ1) is 10.5. The zero-order valence-electron chi connectivity index (χ0n) is 11.5. The van der Waals surface area contributed by atoms with Crippen LogP contribution in [0.3, 0.4) is 0 Å². The van der Waals surface area contributed by atoms with Crippen LogP contribution in [-0.4, -0.2) is 13.2 Å². The van der Waals surface area contributed by atoms with Gasteiger partial charge in [-0.25, -0.2) is 0 Å². The van der Waals surface area contributed by atoms with Crippen molar-refractivity contribution in [3.8, 4) is 5.75 Å². The van der Waals surface area contributed by atoms with E-state index in [-0.39, 0.29) is 49.9 Å². The van der Waals surface area contributed by atoms with Gasteiger partial charge in [-0.2, -0.15) is 4.57 Å². The normalized spacial score (nSPS) is 10.3. The summed E-state index contributed by atoms with van der Waals surface area (Å²) in [6, 6.07) is 5.76. The van der Waals surface area contributed by atoms with Crippen LogP contribution < -0.4 is 21.7 Å². The van der Waals surface area contributed by atoms with Crippen LogP contribution in [0.15, 0.2) is 30.6 Å². The molecule has 2 rings (SSSR count). The summed E-state index contributed by atoms with van der Waals surface area (Å²) in [5, 5.41) is 0.557. The molecule has 0 aliphatic rings. The maximum Gasteiger partial charge on any atom is 0.252 e. The molecule has 1 heterocycles. The third kappa shape index (κ3) is 5.43. The maximum absolute atomic E-state index is 6.06. The van der Waals surface area contributed by atoms with Gasteiger partial charge in [0.15, 0.2) is 18.1 Å². The van der Waals surface area contributed by atoms with E-state index in [0.717, 1.165) is 0 Å². The zero-order chi connectivity index (χ0) is 16.1. The quantitative estimate of drug-likeness (QED) is 0.299. The highest BCUT2D eigenvalue weighted by molar-refractivity contribution is 6.55. The molecule has 0 saturated carbocycles. The summed E-state index contributed by atoms with van der Waals surface area (Å²) >= 11 is 29.9. The van der Waals surface area contributed by atoms with E-state index in [9.17, 15) is 0 Å². The summed E-state index contributed by atoms with van der Waals surface area (Å²) in [5.41, 5.74) is 0. The van der Waals surface area contributed by atoms with Crippen molar-refractivity contribution in [3.63, 3.8) is 0 Å². The van der Waals surface area contributed by atoms with E-state index in [1.54, 1.807) is 0 Å². The SMILES string of the molecule is Clc1c(Cl)c(Cl)c(OCCOC[n+]2ccccc2)c(Cl)c1Cl.[Cl-]. The maximum atomic E-state index is 6.06. The Bertz CT molecular complexity index is 624. The van der Waals surface area contributed by atoms with E-state index in [1.807, 2.05) is 35.2 Å². The van der Waals surface area contributed by atoms with E-state index in [0.29, 0.717) is 13.3 Å². The number of rotatable bonds is 6. The summed E-state index contributed by atoms with van der Waals surface area (Å²) in [5.74, 6) is 0.193. The highest BCUT2D eigenvalue weighted by Gasteiger charge is 2.20. The predicted molar refractivity (Wildman–Crippen MR) is 89.6 cm³/mol. The highest BCUT2D eigenvalue weighted by Crippen LogP contribution is 2.48. The molecule has 0 bridgehead atoms. The van der Waals surface area contributed by atoms with E-state index < -0.39 is 0 Å². The Balaban J connectivity index is 0.00000264. The second-order valence-electron chi connectivity index (χ2n) is 4.17. The van der Waals surface area contributed by atoms with Gasteiger partial charge in [-0.1, -0.05) is 64.1 Å². The summed E-state index contributed by atoms with van der Waals surface area (Å²) < 4.78 is 12.8. The number of ether oxygens (including phenoxy) is 2. The first kappa shape index (κ1) is 20.9. The Kier molecular flexibility index (Phi) is 9.09. The summed E-state index contributed by atoms with van der Waals surface area (Å²) in [6.45, 7) is 0.987. The largest absolute Gasteiger partial charge is 1.00 e. The minimum absolute atomic E-state index is 0. The average Bonchev–Trinajstić information content (AvgIpc) is 2.54. The van der Waals surface area contributed by atoms with Crippen molar-refractivity contribution < 1.29 is 26.4 Å². The van der Waals surface area contributed by atoms with E-state index in [4.69, 9.17) is 67.5 Å². The number of pyridine rings is 1. The fourth-order valence-corrected chi connectivity index (χ4v) is 2.83. The van der Waals surface area contributed by atoms with Crippen molar-refractivity contribution in [1.82, 2.24) is 0 Å². The molecule has 3 nitrogen and oxygen atoms in total. The molecule has 126 valence electrons. The summed E-state index contributed by atoms with van der Waals surface area (Å²) in [6.07, 6.45) is 3.79. The van der Waals surface area contributed by atoms with Crippen LogP contribution in [0.25, 0.3) is 0 Å². The van der Waals surface area contributed by atoms with E-state index >= 15 is 0 Å². The van der Waals surface area contributed by atoms with Crippen LogP contribution in [0, 0.1) is 0 Å². The molecule has 1 aromatic carbocycles. The van der Waals surface area contributed by atoms with Crippen molar-refractivity contribution in [1.29, 1.82) is 0 Å². The van der Waals surface area contributed by atoms with Crippen molar-refractivity contribution in [2.75, 3.05) is 13.2 Å². The van der Waals surface area contributed by atoms with Gasteiger partial charge in [-0.05, 0) is 0 Å². The third-order valence-corrected chi connectivity index (χ3v) is 4.90. The molecule has 0 amide bonds. The lowest BCUT2D eigenvalue weighted by molar-refractivity contribution is -0.732. The molecule has 0 spiro atoms. The number of halogens is 6. The molecule has 0 radical (unpaired) electrons. The highest BCUT2D eigenvalue weighted by atomic mass is 35.5. The first-order valence-electron chi connectivity index (χ1n) is 6.18. The number of benzene rings is 1. The van der Waals surface area contributed by atoms with Gasteiger partial charge in [0.05, 0.1) is 21.7 Å². The Morgan fingerprint density at radius 2 is 1.26 bits per heavy atom. The minimum atomic E-state index is 0. The van der Waals surface area contributed by atoms with Crippen molar-refractivity contribution in [2.24, 2.45) is 0 Å². The molecular formula is C14H11Cl6NO2. The van der Waals surface area contributed by atoms with Crippen LogP contribution in [-0.2, 0) is 11.5 Å². The van der Waals surface area contributed by atoms with Gasteiger partial charge in [0.1, 0.15) is 16.7 Å². The molecule has 0 N–H and O–H groups in total. The second-order valence-corrected chi connectivity index (χ2v) is 6.06. The molecular weight excluding hydrogens is 427 g/mol. The molecule has 1 aromatic heterocycles.